The first kappa shape index (κ1) is 18.3. The molecule has 0 aliphatic rings. The monoisotopic (exact) mass is 343 g/mol. The number of carboxylic acid groups (broad SMARTS) is 1. The van der Waals surface area contributed by atoms with Crippen molar-refractivity contribution in [2.45, 2.75) is 18.9 Å². The van der Waals surface area contributed by atoms with Crippen molar-refractivity contribution in [3.63, 3.8) is 0 Å². The standard InChI is InChI=1S/C19H21NO5/c1-24-15-9-11-16(12-10-15)25-13-5-8-17(21)20-18(19(22)23)14-6-3-2-4-7-14/h2-4,6-7,9-12,18H,5,8,13H2,1H3,(H,20,21)(H,22,23)/t18-/m1/s1. The van der Waals surface area contributed by atoms with E-state index < -0.39 is 12.0 Å². The molecule has 0 spiro atoms. The smallest absolute Gasteiger partial charge is 0.330 e. The molecular formula is C19H21NO5. The van der Waals surface area contributed by atoms with Gasteiger partial charge in [0.1, 0.15) is 11.5 Å². The van der Waals surface area contributed by atoms with Crippen molar-refractivity contribution in [3.8, 4) is 11.5 Å². The number of ether oxygens (including phenoxy) is 2. The largest absolute Gasteiger partial charge is 0.497 e. The summed E-state index contributed by atoms with van der Waals surface area (Å²) in [6.45, 7) is 0.364. The van der Waals surface area contributed by atoms with Gasteiger partial charge in [-0.25, -0.2) is 4.79 Å². The second kappa shape index (κ2) is 9.32. The first-order chi connectivity index (χ1) is 12.1. The maximum absolute atomic E-state index is 12.0. The van der Waals surface area contributed by atoms with E-state index in [9.17, 15) is 14.7 Å². The van der Waals surface area contributed by atoms with E-state index in [2.05, 4.69) is 5.32 Å². The highest BCUT2D eigenvalue weighted by atomic mass is 16.5. The van der Waals surface area contributed by atoms with Gasteiger partial charge in [-0.05, 0) is 36.2 Å². The Morgan fingerprint density at radius 2 is 1.68 bits per heavy atom. The van der Waals surface area contributed by atoms with Crippen molar-refractivity contribution in [1.82, 2.24) is 5.32 Å². The number of benzene rings is 2. The van der Waals surface area contributed by atoms with Gasteiger partial charge in [0.15, 0.2) is 6.04 Å². The van der Waals surface area contributed by atoms with Crippen LogP contribution in [0.15, 0.2) is 54.6 Å². The number of hydrogen-bond donors (Lipinski definition) is 2. The summed E-state index contributed by atoms with van der Waals surface area (Å²) in [6.07, 6.45) is 0.672. The number of carbonyl (C=O) groups is 2. The summed E-state index contributed by atoms with van der Waals surface area (Å²) in [7, 11) is 1.59. The topological polar surface area (TPSA) is 84.9 Å². The van der Waals surface area contributed by atoms with Crippen LogP contribution in [-0.4, -0.2) is 30.7 Å². The Hall–Kier alpha value is -3.02. The minimum Gasteiger partial charge on any atom is -0.497 e. The average Bonchev–Trinajstić information content (AvgIpc) is 2.64. The average molecular weight is 343 g/mol. The highest BCUT2D eigenvalue weighted by Gasteiger charge is 2.21. The Balaban J connectivity index is 1.76. The number of carbonyl (C=O) groups excluding carboxylic acids is 1. The van der Waals surface area contributed by atoms with Gasteiger partial charge in [0, 0.05) is 6.42 Å². The molecule has 2 aromatic rings. The molecule has 1 amide bonds. The van der Waals surface area contributed by atoms with Gasteiger partial charge >= 0.3 is 5.97 Å². The Kier molecular flexibility index (Phi) is 6.83. The van der Waals surface area contributed by atoms with Crippen molar-refractivity contribution in [2.24, 2.45) is 0 Å². The molecule has 0 unspecified atom stereocenters. The first-order valence-electron chi connectivity index (χ1n) is 7.94. The second-order valence-electron chi connectivity index (χ2n) is 5.38. The highest BCUT2D eigenvalue weighted by molar-refractivity contribution is 5.84. The molecule has 0 heterocycles. The van der Waals surface area contributed by atoms with Crippen LogP contribution >= 0.6 is 0 Å². The van der Waals surface area contributed by atoms with E-state index in [1.807, 2.05) is 0 Å². The predicted octanol–water partition coefficient (Wildman–Crippen LogP) is 2.80. The summed E-state index contributed by atoms with van der Waals surface area (Å²) < 4.78 is 10.6. The molecular weight excluding hydrogens is 322 g/mol. The van der Waals surface area contributed by atoms with Crippen LogP contribution in [0.1, 0.15) is 24.4 Å². The minimum absolute atomic E-state index is 0.187. The van der Waals surface area contributed by atoms with Crippen LogP contribution in [0.3, 0.4) is 0 Å². The zero-order chi connectivity index (χ0) is 18.1. The van der Waals surface area contributed by atoms with Crippen LogP contribution in [0.2, 0.25) is 0 Å². The van der Waals surface area contributed by atoms with Gasteiger partial charge in [0.2, 0.25) is 5.91 Å². The first-order valence-corrected chi connectivity index (χ1v) is 7.94. The lowest BCUT2D eigenvalue weighted by atomic mass is 10.1. The van der Waals surface area contributed by atoms with Crippen LogP contribution in [0.25, 0.3) is 0 Å². The molecule has 2 aromatic carbocycles. The lowest BCUT2D eigenvalue weighted by molar-refractivity contribution is -0.142. The van der Waals surface area contributed by atoms with Crippen molar-refractivity contribution in [2.75, 3.05) is 13.7 Å². The molecule has 2 N–H and O–H groups in total. The third-order valence-electron chi connectivity index (χ3n) is 3.56. The molecule has 2 rings (SSSR count). The number of aliphatic carboxylic acids is 1. The molecule has 0 radical (unpaired) electrons. The molecule has 6 nitrogen and oxygen atoms in total. The van der Waals surface area contributed by atoms with Crippen molar-refractivity contribution >= 4 is 11.9 Å². The number of methoxy groups -OCH3 is 1. The zero-order valence-corrected chi connectivity index (χ0v) is 14.0. The van der Waals surface area contributed by atoms with E-state index in [1.165, 1.54) is 0 Å². The number of rotatable bonds is 9. The van der Waals surface area contributed by atoms with Gasteiger partial charge in [0.25, 0.3) is 0 Å². The summed E-state index contributed by atoms with van der Waals surface area (Å²) in [4.78, 5) is 23.3. The number of carboxylic acids is 1. The molecule has 1 atom stereocenters. The van der Waals surface area contributed by atoms with Crippen LogP contribution in [-0.2, 0) is 9.59 Å². The fourth-order valence-electron chi connectivity index (χ4n) is 2.26. The van der Waals surface area contributed by atoms with Gasteiger partial charge in [-0.2, -0.15) is 0 Å². The number of hydrogen-bond acceptors (Lipinski definition) is 4. The Morgan fingerprint density at radius 1 is 1.04 bits per heavy atom. The molecule has 25 heavy (non-hydrogen) atoms. The lowest BCUT2D eigenvalue weighted by Crippen LogP contribution is -2.33. The summed E-state index contributed by atoms with van der Waals surface area (Å²) >= 11 is 0. The molecule has 0 fully saturated rings. The van der Waals surface area contributed by atoms with Crippen molar-refractivity contribution < 1.29 is 24.2 Å². The summed E-state index contributed by atoms with van der Waals surface area (Å²) in [5.41, 5.74) is 0.540. The summed E-state index contributed by atoms with van der Waals surface area (Å²) in [6, 6.07) is 14.7. The summed E-state index contributed by atoms with van der Waals surface area (Å²) in [5, 5.41) is 11.8. The molecule has 0 aromatic heterocycles. The lowest BCUT2D eigenvalue weighted by Gasteiger charge is -2.15. The van der Waals surface area contributed by atoms with Crippen LogP contribution in [0, 0.1) is 0 Å². The fraction of sp³-hybridized carbons (Fsp3) is 0.263. The second-order valence-corrected chi connectivity index (χ2v) is 5.38. The van der Waals surface area contributed by atoms with E-state index in [0.29, 0.717) is 24.3 Å². The van der Waals surface area contributed by atoms with Gasteiger partial charge in [-0.3, -0.25) is 4.79 Å². The normalized spacial score (nSPS) is 11.4. The quantitative estimate of drug-likeness (QED) is 0.684. The fourth-order valence-corrected chi connectivity index (χ4v) is 2.26. The number of amides is 1. The molecule has 0 aliphatic carbocycles. The van der Waals surface area contributed by atoms with Gasteiger partial charge in [-0.1, -0.05) is 30.3 Å². The van der Waals surface area contributed by atoms with Crippen molar-refractivity contribution in [1.29, 1.82) is 0 Å². The zero-order valence-electron chi connectivity index (χ0n) is 14.0. The van der Waals surface area contributed by atoms with Gasteiger partial charge in [0.05, 0.1) is 13.7 Å². The highest BCUT2D eigenvalue weighted by Crippen LogP contribution is 2.17. The van der Waals surface area contributed by atoms with E-state index in [4.69, 9.17) is 9.47 Å². The van der Waals surface area contributed by atoms with E-state index in [1.54, 1.807) is 61.7 Å². The molecule has 0 bridgehead atoms. The maximum atomic E-state index is 12.0. The summed E-state index contributed by atoms with van der Waals surface area (Å²) in [5.74, 6) is 0.0184. The number of nitrogens with one attached hydrogen (secondary N) is 1. The van der Waals surface area contributed by atoms with Crippen LogP contribution in [0.5, 0.6) is 11.5 Å². The molecule has 6 heteroatoms. The third kappa shape index (κ3) is 5.84. The minimum atomic E-state index is -1.09. The molecule has 0 saturated heterocycles. The van der Waals surface area contributed by atoms with Gasteiger partial charge in [-0.15, -0.1) is 0 Å². The Morgan fingerprint density at radius 3 is 2.28 bits per heavy atom. The Bertz CT molecular complexity index is 685. The third-order valence-corrected chi connectivity index (χ3v) is 3.56. The Labute approximate surface area is 146 Å². The van der Waals surface area contributed by atoms with Gasteiger partial charge < -0.3 is 19.9 Å². The molecule has 0 saturated carbocycles. The van der Waals surface area contributed by atoms with Crippen LogP contribution < -0.4 is 14.8 Å². The molecule has 132 valence electrons. The van der Waals surface area contributed by atoms with E-state index in [0.717, 1.165) is 5.75 Å². The van der Waals surface area contributed by atoms with E-state index >= 15 is 0 Å². The predicted molar refractivity (Wildman–Crippen MR) is 92.7 cm³/mol. The van der Waals surface area contributed by atoms with Crippen molar-refractivity contribution in [3.05, 3.63) is 60.2 Å². The maximum Gasteiger partial charge on any atom is 0.330 e. The van der Waals surface area contributed by atoms with E-state index in [-0.39, 0.29) is 12.3 Å². The molecule has 0 aliphatic heterocycles. The van der Waals surface area contributed by atoms with Crippen LogP contribution in [0.4, 0.5) is 0 Å². The SMILES string of the molecule is COc1ccc(OCCCC(=O)N[C@@H](C(=O)O)c2ccccc2)cc1.